The molecule has 0 fully saturated rings. The van der Waals surface area contributed by atoms with E-state index < -0.39 is 0 Å². The third-order valence-corrected chi connectivity index (χ3v) is 2.94. The first kappa shape index (κ1) is 9.92. The summed E-state index contributed by atoms with van der Waals surface area (Å²) in [5.74, 6) is 0. The van der Waals surface area contributed by atoms with Crippen LogP contribution in [-0.2, 0) is 0 Å². The van der Waals surface area contributed by atoms with E-state index in [1.807, 2.05) is 13.0 Å². The number of hydrogen-bond acceptors (Lipinski definition) is 4. The minimum atomic E-state index is -0.0747. The molecule has 0 bridgehead atoms. The van der Waals surface area contributed by atoms with E-state index >= 15 is 0 Å². The summed E-state index contributed by atoms with van der Waals surface area (Å²) in [6.07, 6.45) is 3.49. The molecule has 0 unspecified atom stereocenters. The van der Waals surface area contributed by atoms with Crippen molar-refractivity contribution in [1.29, 1.82) is 0 Å². The van der Waals surface area contributed by atoms with Gasteiger partial charge in [-0.3, -0.25) is 9.36 Å². The first-order valence-corrected chi connectivity index (χ1v) is 5.36. The quantitative estimate of drug-likeness (QED) is 0.838. The monoisotopic (exact) mass is 221 g/mol. The summed E-state index contributed by atoms with van der Waals surface area (Å²) in [5.41, 5.74) is 0.500. The lowest BCUT2D eigenvalue weighted by atomic mass is 10.4. The second-order valence-electron chi connectivity index (χ2n) is 3.10. The molecule has 5 heteroatoms. The summed E-state index contributed by atoms with van der Waals surface area (Å²) in [5, 5.41) is 3.56. The van der Waals surface area contributed by atoms with Gasteiger partial charge in [0, 0.05) is 24.3 Å². The highest BCUT2D eigenvalue weighted by molar-refractivity contribution is 7.13. The molecule has 0 atom stereocenters. The second kappa shape index (κ2) is 3.86. The molecule has 15 heavy (non-hydrogen) atoms. The number of hydrogen-bond donors (Lipinski definition) is 1. The molecule has 78 valence electrons. The van der Waals surface area contributed by atoms with Gasteiger partial charge in [-0.15, -0.1) is 11.3 Å². The van der Waals surface area contributed by atoms with Crippen molar-refractivity contribution in [2.24, 2.45) is 0 Å². The normalized spacial score (nSPS) is 10.3. The van der Waals surface area contributed by atoms with Crippen LogP contribution in [0.5, 0.6) is 0 Å². The van der Waals surface area contributed by atoms with Gasteiger partial charge in [0.15, 0.2) is 5.13 Å². The zero-order valence-electron chi connectivity index (χ0n) is 8.52. The molecule has 0 aliphatic rings. The average molecular weight is 221 g/mol. The van der Waals surface area contributed by atoms with Crippen LogP contribution in [0.2, 0.25) is 0 Å². The Morgan fingerprint density at radius 2 is 2.33 bits per heavy atom. The molecule has 0 saturated carbocycles. The van der Waals surface area contributed by atoms with E-state index in [9.17, 15) is 4.79 Å². The zero-order chi connectivity index (χ0) is 10.8. The smallest absolute Gasteiger partial charge is 0.280 e. The van der Waals surface area contributed by atoms with E-state index in [4.69, 9.17) is 0 Å². The maximum Gasteiger partial charge on any atom is 0.280 e. The van der Waals surface area contributed by atoms with Gasteiger partial charge in [-0.05, 0) is 19.1 Å². The minimum absolute atomic E-state index is 0.0747. The molecular formula is C10H11N3OS. The van der Waals surface area contributed by atoms with Gasteiger partial charge in [0.1, 0.15) is 5.69 Å². The third kappa shape index (κ3) is 1.78. The Labute approximate surface area is 91.2 Å². The number of rotatable bonds is 2. The van der Waals surface area contributed by atoms with Crippen molar-refractivity contribution < 1.29 is 0 Å². The Morgan fingerprint density at radius 1 is 1.53 bits per heavy atom. The van der Waals surface area contributed by atoms with Gasteiger partial charge in [-0.1, -0.05) is 0 Å². The molecule has 2 heterocycles. The van der Waals surface area contributed by atoms with E-state index in [0.29, 0.717) is 10.8 Å². The first-order valence-electron chi connectivity index (χ1n) is 4.54. The maximum atomic E-state index is 11.9. The summed E-state index contributed by atoms with van der Waals surface area (Å²) in [4.78, 5) is 17.1. The fourth-order valence-corrected chi connectivity index (χ4v) is 2.03. The number of nitrogens with zero attached hydrogens (tertiary/aromatic N) is 2. The van der Waals surface area contributed by atoms with Gasteiger partial charge in [0.25, 0.3) is 5.56 Å². The van der Waals surface area contributed by atoms with Crippen LogP contribution in [-0.4, -0.2) is 16.6 Å². The topological polar surface area (TPSA) is 46.9 Å². The van der Waals surface area contributed by atoms with Crippen molar-refractivity contribution in [3.8, 4) is 5.13 Å². The van der Waals surface area contributed by atoms with Crippen molar-refractivity contribution in [1.82, 2.24) is 9.55 Å². The molecule has 0 aliphatic heterocycles. The van der Waals surface area contributed by atoms with Gasteiger partial charge in [0.2, 0.25) is 0 Å². The molecule has 2 aromatic rings. The molecule has 0 aromatic carbocycles. The van der Waals surface area contributed by atoms with E-state index in [1.165, 1.54) is 11.3 Å². The SMILES string of the molecule is CNc1cccn(-c2ncc(C)s2)c1=O. The fourth-order valence-electron chi connectivity index (χ4n) is 1.29. The first-order chi connectivity index (χ1) is 7.22. The molecular weight excluding hydrogens is 210 g/mol. The van der Waals surface area contributed by atoms with Gasteiger partial charge in [0.05, 0.1) is 0 Å². The highest BCUT2D eigenvalue weighted by atomic mass is 32.1. The number of thiazole rings is 1. The summed E-state index contributed by atoms with van der Waals surface area (Å²) >= 11 is 1.50. The Bertz CT molecular complexity index is 529. The van der Waals surface area contributed by atoms with E-state index in [2.05, 4.69) is 10.3 Å². The maximum absolute atomic E-state index is 11.9. The van der Waals surface area contributed by atoms with Crippen LogP contribution in [0, 0.1) is 6.92 Å². The van der Waals surface area contributed by atoms with Crippen molar-refractivity contribution in [3.05, 3.63) is 39.8 Å². The average Bonchev–Trinajstić information content (AvgIpc) is 2.65. The van der Waals surface area contributed by atoms with Gasteiger partial charge in [-0.25, -0.2) is 4.98 Å². The Morgan fingerprint density at radius 3 is 2.93 bits per heavy atom. The van der Waals surface area contributed by atoms with Crippen LogP contribution in [0.3, 0.4) is 0 Å². The van der Waals surface area contributed by atoms with Crippen molar-refractivity contribution in [2.75, 3.05) is 12.4 Å². The van der Waals surface area contributed by atoms with Crippen LogP contribution < -0.4 is 10.9 Å². The lowest BCUT2D eigenvalue weighted by Crippen LogP contribution is -2.19. The Balaban J connectivity index is 2.58. The Kier molecular flexibility index (Phi) is 2.55. The molecule has 0 spiro atoms. The van der Waals surface area contributed by atoms with Crippen molar-refractivity contribution in [3.63, 3.8) is 0 Å². The summed E-state index contributed by atoms with van der Waals surface area (Å²) < 4.78 is 1.55. The second-order valence-corrected chi connectivity index (χ2v) is 4.31. The Hall–Kier alpha value is -1.62. The van der Waals surface area contributed by atoms with Crippen LogP contribution in [0.15, 0.2) is 29.3 Å². The highest BCUT2D eigenvalue weighted by Crippen LogP contribution is 2.14. The largest absolute Gasteiger partial charge is 0.384 e. The zero-order valence-corrected chi connectivity index (χ0v) is 9.34. The fraction of sp³-hybridized carbons (Fsp3) is 0.200. The number of pyridine rings is 1. The van der Waals surface area contributed by atoms with Crippen LogP contribution >= 0.6 is 11.3 Å². The molecule has 0 amide bonds. The van der Waals surface area contributed by atoms with Crippen molar-refractivity contribution in [2.45, 2.75) is 6.92 Å². The highest BCUT2D eigenvalue weighted by Gasteiger charge is 2.05. The summed E-state index contributed by atoms with van der Waals surface area (Å²) in [7, 11) is 1.73. The lowest BCUT2D eigenvalue weighted by Gasteiger charge is -2.03. The van der Waals surface area contributed by atoms with Gasteiger partial charge < -0.3 is 5.32 Å². The van der Waals surface area contributed by atoms with Crippen LogP contribution in [0.4, 0.5) is 5.69 Å². The number of nitrogens with one attached hydrogen (secondary N) is 1. The molecule has 1 N–H and O–H groups in total. The number of aromatic nitrogens is 2. The minimum Gasteiger partial charge on any atom is -0.384 e. The van der Waals surface area contributed by atoms with Crippen LogP contribution in [0.25, 0.3) is 5.13 Å². The van der Waals surface area contributed by atoms with Gasteiger partial charge in [-0.2, -0.15) is 0 Å². The molecule has 0 aliphatic carbocycles. The molecule has 0 radical (unpaired) electrons. The predicted octanol–water partition coefficient (Wildman–Crippen LogP) is 1.64. The number of aryl methyl sites for hydroxylation is 1. The van der Waals surface area contributed by atoms with E-state index in [1.54, 1.807) is 30.1 Å². The summed E-state index contributed by atoms with van der Waals surface area (Å²) in [6, 6.07) is 3.57. The third-order valence-electron chi connectivity index (χ3n) is 2.03. The summed E-state index contributed by atoms with van der Waals surface area (Å²) in [6.45, 7) is 1.97. The predicted molar refractivity (Wildman–Crippen MR) is 62.0 cm³/mol. The lowest BCUT2D eigenvalue weighted by molar-refractivity contribution is 0.973. The van der Waals surface area contributed by atoms with Crippen molar-refractivity contribution >= 4 is 17.0 Å². The standard InChI is InChI=1S/C10H11N3OS/c1-7-6-12-10(15-7)13-5-3-4-8(11-2)9(13)14/h3-6,11H,1-2H3. The van der Waals surface area contributed by atoms with E-state index in [-0.39, 0.29) is 5.56 Å². The molecule has 0 saturated heterocycles. The molecule has 4 nitrogen and oxygen atoms in total. The number of anilines is 1. The van der Waals surface area contributed by atoms with E-state index in [0.717, 1.165) is 4.88 Å². The molecule has 2 aromatic heterocycles. The van der Waals surface area contributed by atoms with Crippen LogP contribution in [0.1, 0.15) is 4.88 Å². The van der Waals surface area contributed by atoms with Gasteiger partial charge >= 0.3 is 0 Å². The molecule has 2 rings (SSSR count).